The van der Waals surface area contributed by atoms with Crippen LogP contribution in [0, 0.1) is 17.0 Å². The number of piperidine rings is 1. The summed E-state index contributed by atoms with van der Waals surface area (Å²) in [5, 5.41) is 14.3. The lowest BCUT2D eigenvalue weighted by Crippen LogP contribution is -2.58. The molecular formula is C25H30F2N2O3. The van der Waals surface area contributed by atoms with Crippen molar-refractivity contribution in [1.82, 2.24) is 10.2 Å². The SMILES string of the molecule is CC(C)(CC(=O)N1CCC(O)(c2ccc(F)c(F)c2)C(C)(C)C1)NC(=O)c1ccccc1. The van der Waals surface area contributed by atoms with Crippen LogP contribution in [-0.2, 0) is 10.4 Å². The topological polar surface area (TPSA) is 69.6 Å². The molecule has 2 aromatic rings. The third kappa shape index (κ3) is 4.83. The van der Waals surface area contributed by atoms with Crippen LogP contribution < -0.4 is 5.32 Å². The molecule has 1 fully saturated rings. The largest absolute Gasteiger partial charge is 0.384 e. The Morgan fingerprint density at radius 2 is 1.75 bits per heavy atom. The van der Waals surface area contributed by atoms with Crippen molar-refractivity contribution >= 4 is 11.8 Å². The first-order valence-electron chi connectivity index (χ1n) is 10.7. The van der Waals surface area contributed by atoms with E-state index >= 15 is 0 Å². The molecule has 32 heavy (non-hydrogen) atoms. The molecule has 5 nitrogen and oxygen atoms in total. The molecule has 2 N–H and O–H groups in total. The van der Waals surface area contributed by atoms with E-state index in [0.29, 0.717) is 11.1 Å². The summed E-state index contributed by atoms with van der Waals surface area (Å²) in [6, 6.07) is 12.2. The molecule has 0 bridgehead atoms. The molecule has 3 rings (SSSR count). The summed E-state index contributed by atoms with van der Waals surface area (Å²) < 4.78 is 27.2. The summed E-state index contributed by atoms with van der Waals surface area (Å²) in [5.74, 6) is -2.39. The summed E-state index contributed by atoms with van der Waals surface area (Å²) in [6.45, 7) is 7.69. The summed E-state index contributed by atoms with van der Waals surface area (Å²) >= 11 is 0. The maximum Gasteiger partial charge on any atom is 0.251 e. The Hall–Kier alpha value is -2.80. The quantitative estimate of drug-likeness (QED) is 0.732. The zero-order chi connectivity index (χ0) is 23.7. The lowest BCUT2D eigenvalue weighted by Gasteiger charge is -2.51. The number of likely N-dealkylation sites (tertiary alicyclic amines) is 1. The number of hydrogen-bond acceptors (Lipinski definition) is 3. The fourth-order valence-corrected chi connectivity index (χ4v) is 4.33. The minimum atomic E-state index is -1.41. The van der Waals surface area contributed by atoms with Crippen LogP contribution in [0.3, 0.4) is 0 Å². The van der Waals surface area contributed by atoms with E-state index in [-0.39, 0.29) is 37.7 Å². The lowest BCUT2D eigenvalue weighted by atomic mass is 9.66. The number of benzene rings is 2. The second-order valence-electron chi connectivity index (χ2n) is 9.82. The smallest absolute Gasteiger partial charge is 0.251 e. The van der Waals surface area contributed by atoms with Gasteiger partial charge in [0.15, 0.2) is 11.6 Å². The molecule has 2 aromatic carbocycles. The number of nitrogens with one attached hydrogen (secondary N) is 1. The van der Waals surface area contributed by atoms with Crippen LogP contribution in [0.25, 0.3) is 0 Å². The summed E-state index contributed by atoms with van der Waals surface area (Å²) in [5.41, 5.74) is -2.17. The van der Waals surface area contributed by atoms with Crippen molar-refractivity contribution in [3.8, 4) is 0 Å². The molecule has 0 aromatic heterocycles. The van der Waals surface area contributed by atoms with Gasteiger partial charge >= 0.3 is 0 Å². The van der Waals surface area contributed by atoms with Crippen molar-refractivity contribution in [1.29, 1.82) is 0 Å². The van der Waals surface area contributed by atoms with Crippen molar-refractivity contribution in [2.75, 3.05) is 13.1 Å². The van der Waals surface area contributed by atoms with Gasteiger partial charge in [0.05, 0.1) is 5.60 Å². The van der Waals surface area contributed by atoms with E-state index in [9.17, 15) is 23.5 Å². The highest BCUT2D eigenvalue weighted by Crippen LogP contribution is 2.46. The minimum absolute atomic E-state index is 0.0886. The number of nitrogens with zero attached hydrogens (tertiary/aromatic N) is 1. The zero-order valence-corrected chi connectivity index (χ0v) is 18.9. The number of amides is 2. The predicted molar refractivity (Wildman–Crippen MR) is 118 cm³/mol. The molecule has 0 aliphatic carbocycles. The molecule has 1 heterocycles. The molecule has 0 saturated carbocycles. The Labute approximate surface area is 187 Å². The lowest BCUT2D eigenvalue weighted by molar-refractivity contribution is -0.154. The second kappa shape index (κ2) is 8.62. The monoisotopic (exact) mass is 444 g/mol. The highest BCUT2D eigenvalue weighted by Gasteiger charge is 2.50. The number of carbonyl (C=O) groups excluding carboxylic acids is 2. The Morgan fingerprint density at radius 1 is 1.09 bits per heavy atom. The van der Waals surface area contributed by atoms with E-state index in [0.717, 1.165) is 12.1 Å². The number of halogens is 2. The van der Waals surface area contributed by atoms with Crippen molar-refractivity contribution in [2.45, 2.75) is 51.7 Å². The van der Waals surface area contributed by atoms with E-state index in [1.807, 2.05) is 6.07 Å². The van der Waals surface area contributed by atoms with E-state index in [4.69, 9.17) is 0 Å². The second-order valence-corrected chi connectivity index (χ2v) is 9.82. The molecule has 1 saturated heterocycles. The van der Waals surface area contributed by atoms with Crippen LogP contribution in [0.4, 0.5) is 8.78 Å². The van der Waals surface area contributed by atoms with Crippen LogP contribution >= 0.6 is 0 Å². The van der Waals surface area contributed by atoms with Crippen molar-refractivity contribution in [3.05, 3.63) is 71.3 Å². The maximum atomic E-state index is 13.8. The van der Waals surface area contributed by atoms with Crippen molar-refractivity contribution in [3.63, 3.8) is 0 Å². The fourth-order valence-electron chi connectivity index (χ4n) is 4.33. The molecule has 1 unspecified atom stereocenters. The van der Waals surface area contributed by atoms with Gasteiger partial charge in [-0.25, -0.2) is 8.78 Å². The van der Waals surface area contributed by atoms with Crippen LogP contribution in [0.1, 0.15) is 56.5 Å². The van der Waals surface area contributed by atoms with Crippen molar-refractivity contribution in [2.24, 2.45) is 5.41 Å². The van der Waals surface area contributed by atoms with E-state index in [1.165, 1.54) is 6.07 Å². The third-order valence-corrected chi connectivity index (χ3v) is 6.28. The zero-order valence-electron chi connectivity index (χ0n) is 18.9. The molecule has 7 heteroatoms. The fraction of sp³-hybridized carbons (Fsp3) is 0.440. The summed E-state index contributed by atoms with van der Waals surface area (Å²) in [6.07, 6.45) is 0.277. The standard InChI is InChI=1S/C25H30F2N2O3/c1-23(2)16-29(13-12-25(23,32)18-10-11-19(26)20(27)14-18)21(30)15-24(3,4)28-22(31)17-8-6-5-7-9-17/h5-11,14,32H,12-13,15-16H2,1-4H3,(H,28,31). The Morgan fingerprint density at radius 3 is 2.34 bits per heavy atom. The third-order valence-electron chi connectivity index (χ3n) is 6.28. The van der Waals surface area contributed by atoms with Gasteiger partial charge in [0, 0.05) is 36.0 Å². The van der Waals surface area contributed by atoms with E-state index in [1.54, 1.807) is 56.9 Å². The Kier molecular flexibility index (Phi) is 6.43. The van der Waals surface area contributed by atoms with Gasteiger partial charge in [-0.3, -0.25) is 9.59 Å². The van der Waals surface area contributed by atoms with Crippen LogP contribution in [0.2, 0.25) is 0 Å². The van der Waals surface area contributed by atoms with Gasteiger partial charge in [-0.15, -0.1) is 0 Å². The first-order chi connectivity index (χ1) is 14.8. The molecule has 2 amide bonds. The first kappa shape index (κ1) is 23.9. The molecule has 1 aliphatic heterocycles. The van der Waals surface area contributed by atoms with Crippen LogP contribution in [0.15, 0.2) is 48.5 Å². The number of rotatable bonds is 5. The number of carbonyl (C=O) groups is 2. The maximum absolute atomic E-state index is 13.8. The number of hydrogen-bond donors (Lipinski definition) is 2. The number of aliphatic hydroxyl groups is 1. The van der Waals surface area contributed by atoms with Gasteiger partial charge in [-0.05, 0) is 50.1 Å². The minimum Gasteiger partial charge on any atom is -0.384 e. The van der Waals surface area contributed by atoms with E-state index in [2.05, 4.69) is 5.32 Å². The van der Waals surface area contributed by atoms with Gasteiger partial charge in [0.1, 0.15) is 0 Å². The van der Waals surface area contributed by atoms with Gasteiger partial charge in [-0.1, -0.05) is 38.1 Å². The van der Waals surface area contributed by atoms with Gasteiger partial charge in [0.25, 0.3) is 5.91 Å². The van der Waals surface area contributed by atoms with E-state index < -0.39 is 28.2 Å². The molecule has 172 valence electrons. The first-order valence-corrected chi connectivity index (χ1v) is 10.7. The van der Waals surface area contributed by atoms with Gasteiger partial charge in [-0.2, -0.15) is 0 Å². The Balaban J connectivity index is 1.69. The van der Waals surface area contributed by atoms with Gasteiger partial charge < -0.3 is 15.3 Å². The highest BCUT2D eigenvalue weighted by atomic mass is 19.2. The summed E-state index contributed by atoms with van der Waals surface area (Å²) in [7, 11) is 0. The van der Waals surface area contributed by atoms with Crippen molar-refractivity contribution < 1.29 is 23.5 Å². The average Bonchev–Trinajstić information content (AvgIpc) is 2.71. The molecule has 0 spiro atoms. The normalized spacial score (nSPS) is 20.7. The van der Waals surface area contributed by atoms with Gasteiger partial charge in [0.2, 0.25) is 5.91 Å². The molecule has 1 aliphatic rings. The molecule has 0 radical (unpaired) electrons. The molecule has 1 atom stereocenters. The summed E-state index contributed by atoms with van der Waals surface area (Å²) in [4.78, 5) is 27.2. The Bertz CT molecular complexity index is 1010. The highest BCUT2D eigenvalue weighted by molar-refractivity contribution is 5.95. The van der Waals surface area contributed by atoms with Crippen LogP contribution in [-0.4, -0.2) is 40.4 Å². The predicted octanol–water partition coefficient (Wildman–Crippen LogP) is 4.01. The van der Waals surface area contributed by atoms with Crippen LogP contribution in [0.5, 0.6) is 0 Å². The average molecular weight is 445 g/mol. The molecular weight excluding hydrogens is 414 g/mol.